The molecule has 0 aliphatic heterocycles. The average Bonchev–Trinajstić information content (AvgIpc) is 3.13. The Balaban J connectivity index is 1.64. The molecule has 1 unspecified atom stereocenters. The van der Waals surface area contributed by atoms with Crippen LogP contribution < -0.4 is 10.2 Å². The van der Waals surface area contributed by atoms with Crippen LogP contribution in [-0.4, -0.2) is 22.6 Å². The van der Waals surface area contributed by atoms with E-state index in [4.69, 9.17) is 4.74 Å². The summed E-state index contributed by atoms with van der Waals surface area (Å²) in [6.07, 6.45) is 2.43. The second kappa shape index (κ2) is 7.99. The van der Waals surface area contributed by atoms with Crippen LogP contribution in [0.2, 0.25) is 0 Å². The van der Waals surface area contributed by atoms with Crippen molar-refractivity contribution in [2.45, 2.75) is 39.2 Å². The molecule has 3 rings (SSSR count). The van der Waals surface area contributed by atoms with E-state index in [1.165, 1.54) is 36.6 Å². The van der Waals surface area contributed by atoms with Gasteiger partial charge in [0.25, 0.3) is 5.91 Å². The predicted octanol–water partition coefficient (Wildman–Crippen LogP) is 3.39. The minimum atomic E-state index is -0.928. The Hall–Kier alpha value is -3.22. The van der Waals surface area contributed by atoms with Crippen molar-refractivity contribution >= 4 is 17.3 Å². The first-order valence-electron chi connectivity index (χ1n) is 8.82. The zero-order valence-corrected chi connectivity index (χ0v) is 15.3. The molecular formula is C20H21N3O4. The van der Waals surface area contributed by atoms with Crippen LogP contribution in [0.1, 0.15) is 37.0 Å². The van der Waals surface area contributed by atoms with Gasteiger partial charge < -0.3 is 4.74 Å². The van der Waals surface area contributed by atoms with E-state index in [9.17, 15) is 14.9 Å². The molecule has 0 saturated heterocycles. The SMILES string of the molecule is C/C(=N/NC(=O)C(C)Oc1ccccc1[N+](=O)[O-])c1ccc2c(c1)CCC2. The Morgan fingerprint density at radius 3 is 2.74 bits per heavy atom. The number of amides is 1. The topological polar surface area (TPSA) is 93.8 Å². The summed E-state index contributed by atoms with van der Waals surface area (Å²) in [6, 6.07) is 12.2. The number of hydrazone groups is 1. The summed E-state index contributed by atoms with van der Waals surface area (Å²) >= 11 is 0. The average molecular weight is 367 g/mol. The highest BCUT2D eigenvalue weighted by molar-refractivity contribution is 5.99. The number of nitrogens with zero attached hydrogens (tertiary/aromatic N) is 2. The Morgan fingerprint density at radius 1 is 1.22 bits per heavy atom. The number of nitro groups is 1. The Labute approximate surface area is 157 Å². The van der Waals surface area contributed by atoms with Gasteiger partial charge in [-0.15, -0.1) is 0 Å². The van der Waals surface area contributed by atoms with E-state index in [1.54, 1.807) is 12.1 Å². The van der Waals surface area contributed by atoms with Crippen LogP contribution in [0.3, 0.4) is 0 Å². The molecule has 0 bridgehead atoms. The maximum absolute atomic E-state index is 12.2. The lowest BCUT2D eigenvalue weighted by atomic mass is 10.0. The number of carbonyl (C=O) groups excluding carboxylic acids is 1. The molecule has 140 valence electrons. The van der Waals surface area contributed by atoms with Gasteiger partial charge in [0.2, 0.25) is 0 Å². The van der Waals surface area contributed by atoms with Gasteiger partial charge in [-0.2, -0.15) is 5.10 Å². The number of nitrogens with one attached hydrogen (secondary N) is 1. The van der Waals surface area contributed by atoms with Gasteiger partial charge in [-0.3, -0.25) is 14.9 Å². The molecule has 7 nitrogen and oxygen atoms in total. The third-order valence-corrected chi connectivity index (χ3v) is 4.58. The van der Waals surface area contributed by atoms with Crippen molar-refractivity contribution in [3.05, 3.63) is 69.3 Å². The minimum absolute atomic E-state index is 0.0458. The van der Waals surface area contributed by atoms with Crippen molar-refractivity contribution in [3.8, 4) is 5.75 Å². The maximum Gasteiger partial charge on any atom is 0.310 e. The largest absolute Gasteiger partial charge is 0.474 e. The van der Waals surface area contributed by atoms with Gasteiger partial charge in [-0.05, 0) is 61.9 Å². The second-order valence-electron chi connectivity index (χ2n) is 6.50. The summed E-state index contributed by atoms with van der Waals surface area (Å²) < 4.78 is 5.44. The lowest BCUT2D eigenvalue weighted by Gasteiger charge is -2.13. The van der Waals surface area contributed by atoms with Gasteiger partial charge in [0.1, 0.15) is 0 Å². The number of nitro benzene ring substituents is 1. The molecular weight excluding hydrogens is 346 g/mol. The first-order chi connectivity index (χ1) is 13.0. The van der Waals surface area contributed by atoms with E-state index in [0.717, 1.165) is 18.4 Å². The summed E-state index contributed by atoms with van der Waals surface area (Å²) in [4.78, 5) is 22.7. The smallest absolute Gasteiger partial charge is 0.310 e. The van der Waals surface area contributed by atoms with Crippen molar-refractivity contribution in [2.75, 3.05) is 0 Å². The van der Waals surface area contributed by atoms with Crippen molar-refractivity contribution in [2.24, 2.45) is 5.10 Å². The molecule has 2 aromatic carbocycles. The van der Waals surface area contributed by atoms with E-state index in [2.05, 4.69) is 22.7 Å². The quantitative estimate of drug-likeness (QED) is 0.481. The molecule has 1 amide bonds. The molecule has 0 fully saturated rings. The van der Waals surface area contributed by atoms with E-state index >= 15 is 0 Å². The number of rotatable bonds is 6. The molecule has 1 aliphatic rings. The molecule has 1 atom stereocenters. The minimum Gasteiger partial charge on any atom is -0.474 e. The van der Waals surface area contributed by atoms with E-state index in [1.807, 2.05) is 13.0 Å². The Kier molecular flexibility index (Phi) is 5.49. The summed E-state index contributed by atoms with van der Waals surface area (Å²) in [5, 5.41) is 15.2. The molecule has 1 N–H and O–H groups in total. The van der Waals surface area contributed by atoms with Gasteiger partial charge in [0, 0.05) is 6.07 Å². The Bertz CT molecular complexity index is 908. The first kappa shape index (κ1) is 18.6. The molecule has 0 aromatic heterocycles. The first-order valence-corrected chi connectivity index (χ1v) is 8.82. The molecule has 0 saturated carbocycles. The molecule has 0 heterocycles. The molecule has 2 aromatic rings. The fourth-order valence-corrected chi connectivity index (χ4v) is 3.04. The normalized spacial score (nSPS) is 14.4. The second-order valence-corrected chi connectivity index (χ2v) is 6.50. The van der Waals surface area contributed by atoms with Crippen LogP contribution in [0.5, 0.6) is 5.75 Å². The summed E-state index contributed by atoms with van der Waals surface area (Å²) in [7, 11) is 0. The molecule has 7 heteroatoms. The Morgan fingerprint density at radius 2 is 1.96 bits per heavy atom. The summed E-state index contributed by atoms with van der Waals surface area (Å²) in [5.41, 5.74) is 6.65. The van der Waals surface area contributed by atoms with E-state index in [-0.39, 0.29) is 11.4 Å². The van der Waals surface area contributed by atoms with Gasteiger partial charge in [-0.25, -0.2) is 5.43 Å². The van der Waals surface area contributed by atoms with Crippen LogP contribution in [0.25, 0.3) is 0 Å². The standard InChI is InChI=1S/C20H21N3O4/c1-13(16-11-10-15-6-5-7-17(15)12-16)21-22-20(24)14(2)27-19-9-4-3-8-18(19)23(25)26/h3-4,8-12,14H,5-7H2,1-2H3,(H,22,24)/b21-13-. The maximum atomic E-state index is 12.2. The fourth-order valence-electron chi connectivity index (χ4n) is 3.04. The lowest BCUT2D eigenvalue weighted by Crippen LogP contribution is -2.34. The number of ether oxygens (including phenoxy) is 1. The van der Waals surface area contributed by atoms with E-state index in [0.29, 0.717) is 5.71 Å². The summed E-state index contributed by atoms with van der Waals surface area (Å²) in [5.74, 6) is -0.432. The van der Waals surface area contributed by atoms with E-state index < -0.39 is 16.9 Å². The molecule has 27 heavy (non-hydrogen) atoms. The number of hydrogen-bond acceptors (Lipinski definition) is 5. The van der Waals surface area contributed by atoms with Crippen molar-refractivity contribution in [3.63, 3.8) is 0 Å². The van der Waals surface area contributed by atoms with Crippen molar-refractivity contribution in [1.29, 1.82) is 0 Å². The van der Waals surface area contributed by atoms with Crippen molar-refractivity contribution in [1.82, 2.24) is 5.43 Å². The monoisotopic (exact) mass is 367 g/mol. The van der Waals surface area contributed by atoms with Crippen LogP contribution in [0.4, 0.5) is 5.69 Å². The lowest BCUT2D eigenvalue weighted by molar-refractivity contribution is -0.386. The van der Waals surface area contributed by atoms with Crippen LogP contribution in [0.15, 0.2) is 47.6 Å². The van der Waals surface area contributed by atoms with Crippen LogP contribution in [-0.2, 0) is 17.6 Å². The van der Waals surface area contributed by atoms with Gasteiger partial charge in [-0.1, -0.05) is 24.3 Å². The molecule has 1 aliphatic carbocycles. The highest BCUT2D eigenvalue weighted by Gasteiger charge is 2.20. The number of fused-ring (bicyclic) bond motifs is 1. The highest BCUT2D eigenvalue weighted by Crippen LogP contribution is 2.27. The molecule has 0 radical (unpaired) electrons. The fraction of sp³-hybridized carbons (Fsp3) is 0.300. The van der Waals surface area contributed by atoms with Crippen LogP contribution >= 0.6 is 0 Å². The third kappa shape index (κ3) is 4.31. The number of carbonyl (C=O) groups is 1. The zero-order valence-electron chi connectivity index (χ0n) is 15.3. The zero-order chi connectivity index (χ0) is 19.4. The van der Waals surface area contributed by atoms with Gasteiger partial charge >= 0.3 is 5.69 Å². The predicted molar refractivity (Wildman–Crippen MR) is 102 cm³/mol. The van der Waals surface area contributed by atoms with Gasteiger partial charge in [0.15, 0.2) is 11.9 Å². The number of aryl methyl sites for hydroxylation is 2. The highest BCUT2D eigenvalue weighted by atomic mass is 16.6. The van der Waals surface area contributed by atoms with Crippen LogP contribution in [0, 0.1) is 10.1 Å². The van der Waals surface area contributed by atoms with Gasteiger partial charge in [0.05, 0.1) is 10.6 Å². The number of para-hydroxylation sites is 2. The van der Waals surface area contributed by atoms with Crippen molar-refractivity contribution < 1.29 is 14.5 Å². The summed E-state index contributed by atoms with van der Waals surface area (Å²) in [6.45, 7) is 3.34. The molecule has 0 spiro atoms. The number of benzene rings is 2. The number of hydrogen-bond donors (Lipinski definition) is 1. The third-order valence-electron chi connectivity index (χ3n) is 4.58.